The van der Waals surface area contributed by atoms with Crippen LogP contribution in [-0.4, -0.2) is 57.9 Å². The second-order valence-electron chi connectivity index (χ2n) is 4.10. The van der Waals surface area contributed by atoms with Crippen LogP contribution < -0.4 is 0 Å². The largest absolute Gasteiger partial charge is 0.466 e. The van der Waals surface area contributed by atoms with Gasteiger partial charge in [-0.25, -0.2) is 0 Å². The van der Waals surface area contributed by atoms with Gasteiger partial charge in [-0.1, -0.05) is 12.7 Å². The molecule has 0 fully saturated rings. The summed E-state index contributed by atoms with van der Waals surface area (Å²) in [6.45, 7) is 3.54. The van der Waals surface area contributed by atoms with Crippen LogP contribution in [0.25, 0.3) is 0 Å². The standard InChI is InChI=1S/C13H21F2NO4/c1-5-6-11(20-10-19-8-7-18-4)13(14,15)9-12(17)16(2)3/h5-6H,1,7-10H2,2-4H3/b11-6-. The smallest absolute Gasteiger partial charge is 0.312 e. The normalized spacial score (nSPS) is 12.2. The van der Waals surface area contributed by atoms with Crippen molar-refractivity contribution in [3.63, 3.8) is 0 Å². The fraction of sp³-hybridized carbons (Fsp3) is 0.615. The van der Waals surface area contributed by atoms with Crippen molar-refractivity contribution in [2.75, 3.05) is 41.2 Å². The van der Waals surface area contributed by atoms with E-state index < -0.39 is 24.0 Å². The molecule has 0 aromatic heterocycles. The Kier molecular flexibility index (Phi) is 8.74. The summed E-state index contributed by atoms with van der Waals surface area (Å²) in [5.41, 5.74) is 0. The highest BCUT2D eigenvalue weighted by Gasteiger charge is 2.39. The molecule has 0 atom stereocenters. The van der Waals surface area contributed by atoms with Gasteiger partial charge in [-0.15, -0.1) is 0 Å². The predicted molar refractivity (Wildman–Crippen MR) is 70.3 cm³/mol. The molecule has 0 rings (SSSR count). The van der Waals surface area contributed by atoms with Crippen LogP contribution >= 0.6 is 0 Å². The van der Waals surface area contributed by atoms with Gasteiger partial charge in [0.05, 0.1) is 19.6 Å². The molecule has 0 bridgehead atoms. The number of alkyl halides is 2. The predicted octanol–water partition coefficient (Wildman–Crippen LogP) is 1.81. The molecule has 0 saturated carbocycles. The molecule has 0 heterocycles. The molecule has 20 heavy (non-hydrogen) atoms. The first kappa shape index (κ1) is 18.5. The maximum absolute atomic E-state index is 13.9. The van der Waals surface area contributed by atoms with E-state index in [0.29, 0.717) is 6.61 Å². The lowest BCUT2D eigenvalue weighted by atomic mass is 10.1. The van der Waals surface area contributed by atoms with Crippen LogP contribution in [0.2, 0.25) is 0 Å². The number of ether oxygens (including phenoxy) is 3. The zero-order valence-corrected chi connectivity index (χ0v) is 12.0. The topological polar surface area (TPSA) is 48.0 Å². The van der Waals surface area contributed by atoms with Crippen molar-refractivity contribution >= 4 is 5.91 Å². The Bertz CT molecular complexity index is 343. The van der Waals surface area contributed by atoms with Crippen molar-refractivity contribution in [2.45, 2.75) is 12.3 Å². The van der Waals surface area contributed by atoms with Gasteiger partial charge < -0.3 is 19.1 Å². The maximum atomic E-state index is 13.9. The first-order valence-electron chi connectivity index (χ1n) is 5.95. The Morgan fingerprint density at radius 3 is 2.50 bits per heavy atom. The lowest BCUT2D eigenvalue weighted by Crippen LogP contribution is -2.32. The number of halogens is 2. The molecule has 0 aromatic rings. The molecule has 0 aliphatic rings. The Labute approximate surface area is 117 Å². The first-order valence-corrected chi connectivity index (χ1v) is 5.95. The van der Waals surface area contributed by atoms with E-state index in [0.717, 1.165) is 11.0 Å². The van der Waals surface area contributed by atoms with Crippen LogP contribution in [0, 0.1) is 0 Å². The lowest BCUT2D eigenvalue weighted by molar-refractivity contribution is -0.139. The second-order valence-corrected chi connectivity index (χ2v) is 4.10. The summed E-state index contributed by atoms with van der Waals surface area (Å²) in [7, 11) is 4.31. The van der Waals surface area contributed by atoms with E-state index in [2.05, 4.69) is 6.58 Å². The van der Waals surface area contributed by atoms with Crippen molar-refractivity contribution in [1.29, 1.82) is 0 Å². The molecule has 0 saturated heterocycles. The fourth-order valence-corrected chi connectivity index (χ4v) is 1.12. The van der Waals surface area contributed by atoms with Gasteiger partial charge in [0.1, 0.15) is 0 Å². The minimum absolute atomic E-state index is 0.222. The summed E-state index contributed by atoms with van der Waals surface area (Å²) < 4.78 is 42.3. The molecule has 0 spiro atoms. The highest BCUT2D eigenvalue weighted by molar-refractivity contribution is 5.76. The summed E-state index contributed by atoms with van der Waals surface area (Å²) in [4.78, 5) is 12.5. The number of carbonyl (C=O) groups is 1. The van der Waals surface area contributed by atoms with Crippen LogP contribution in [0.15, 0.2) is 24.5 Å². The Hall–Kier alpha value is -1.47. The van der Waals surface area contributed by atoms with Crippen LogP contribution in [0.3, 0.4) is 0 Å². The van der Waals surface area contributed by atoms with Gasteiger partial charge in [0.15, 0.2) is 12.6 Å². The van der Waals surface area contributed by atoms with Crippen molar-refractivity contribution < 1.29 is 27.8 Å². The molecule has 0 aliphatic carbocycles. The van der Waals surface area contributed by atoms with Gasteiger partial charge >= 0.3 is 5.92 Å². The zero-order valence-electron chi connectivity index (χ0n) is 12.0. The Balaban J connectivity index is 4.52. The van der Waals surface area contributed by atoms with Crippen molar-refractivity contribution in [2.24, 2.45) is 0 Å². The molecule has 0 aromatic carbocycles. The number of allylic oxidation sites excluding steroid dienone is 3. The van der Waals surface area contributed by atoms with Gasteiger partial charge in [0.2, 0.25) is 5.91 Å². The highest BCUT2D eigenvalue weighted by Crippen LogP contribution is 2.29. The van der Waals surface area contributed by atoms with Gasteiger partial charge in [-0.3, -0.25) is 4.79 Å². The number of hydrogen-bond acceptors (Lipinski definition) is 4. The molecule has 0 radical (unpaired) electrons. The molecule has 5 nitrogen and oxygen atoms in total. The molecular weight excluding hydrogens is 272 g/mol. The molecule has 0 aliphatic heterocycles. The minimum Gasteiger partial charge on any atom is -0.466 e. The van der Waals surface area contributed by atoms with E-state index in [9.17, 15) is 13.6 Å². The van der Waals surface area contributed by atoms with E-state index >= 15 is 0 Å². The van der Waals surface area contributed by atoms with E-state index in [1.165, 1.54) is 27.3 Å². The average molecular weight is 293 g/mol. The number of hydrogen-bond donors (Lipinski definition) is 0. The van der Waals surface area contributed by atoms with Crippen molar-refractivity contribution in [3.8, 4) is 0 Å². The van der Waals surface area contributed by atoms with Gasteiger partial charge in [-0.2, -0.15) is 8.78 Å². The van der Waals surface area contributed by atoms with Crippen LogP contribution in [0.4, 0.5) is 8.78 Å². The maximum Gasteiger partial charge on any atom is 0.312 e. The van der Waals surface area contributed by atoms with Gasteiger partial charge in [-0.05, 0) is 6.08 Å². The number of amides is 1. The second kappa shape index (κ2) is 9.44. The summed E-state index contributed by atoms with van der Waals surface area (Å²) in [6, 6.07) is 0. The quantitative estimate of drug-likeness (QED) is 0.267. The fourth-order valence-electron chi connectivity index (χ4n) is 1.12. The third kappa shape index (κ3) is 7.20. The van der Waals surface area contributed by atoms with E-state index in [-0.39, 0.29) is 13.4 Å². The molecule has 7 heteroatoms. The van der Waals surface area contributed by atoms with E-state index in [1.54, 1.807) is 0 Å². The van der Waals surface area contributed by atoms with Crippen LogP contribution in [-0.2, 0) is 19.0 Å². The van der Waals surface area contributed by atoms with Crippen molar-refractivity contribution in [3.05, 3.63) is 24.5 Å². The molecular formula is C13H21F2NO4. The summed E-state index contributed by atoms with van der Waals surface area (Å²) in [5.74, 6) is -4.77. The van der Waals surface area contributed by atoms with Crippen LogP contribution in [0.5, 0.6) is 0 Å². The monoisotopic (exact) mass is 293 g/mol. The number of carbonyl (C=O) groups excluding carboxylic acids is 1. The van der Waals surface area contributed by atoms with Gasteiger partial charge in [0.25, 0.3) is 0 Å². The summed E-state index contributed by atoms with van der Waals surface area (Å²) >= 11 is 0. The minimum atomic E-state index is -3.42. The van der Waals surface area contributed by atoms with Crippen molar-refractivity contribution in [1.82, 2.24) is 4.90 Å². The van der Waals surface area contributed by atoms with E-state index in [4.69, 9.17) is 14.2 Å². The highest BCUT2D eigenvalue weighted by atomic mass is 19.3. The third-order valence-electron chi connectivity index (χ3n) is 2.23. The molecule has 116 valence electrons. The molecule has 0 N–H and O–H groups in total. The Morgan fingerprint density at radius 2 is 2.00 bits per heavy atom. The zero-order chi connectivity index (χ0) is 15.6. The lowest BCUT2D eigenvalue weighted by Gasteiger charge is -2.21. The van der Waals surface area contributed by atoms with Gasteiger partial charge in [0, 0.05) is 21.2 Å². The average Bonchev–Trinajstić information content (AvgIpc) is 2.36. The number of nitrogens with zero attached hydrogens (tertiary/aromatic N) is 1. The third-order valence-corrected chi connectivity index (χ3v) is 2.23. The first-order chi connectivity index (χ1) is 9.35. The SMILES string of the molecule is C=C/C=C(\OCOCCOC)C(F)(F)CC(=O)N(C)C. The summed E-state index contributed by atoms with van der Waals surface area (Å²) in [6.07, 6.45) is 1.21. The van der Waals surface area contributed by atoms with E-state index in [1.807, 2.05) is 0 Å². The number of rotatable bonds is 10. The van der Waals surface area contributed by atoms with Crippen LogP contribution in [0.1, 0.15) is 6.42 Å². The summed E-state index contributed by atoms with van der Waals surface area (Å²) in [5, 5.41) is 0. The molecule has 1 amide bonds. The number of methoxy groups -OCH3 is 1. The molecule has 0 unspecified atom stereocenters. The Morgan fingerprint density at radius 1 is 1.35 bits per heavy atom.